The van der Waals surface area contributed by atoms with Gasteiger partial charge in [-0.05, 0) is 43.1 Å². The summed E-state index contributed by atoms with van der Waals surface area (Å²) in [5.74, 6) is -0.301. The second kappa shape index (κ2) is 7.47. The SMILES string of the molecule is Cc1ccc(NS(C)(=O)=O)c(C(=O)NCC2NCCc3ccccc32)c1. The van der Waals surface area contributed by atoms with Crippen LogP contribution >= 0.6 is 0 Å². The van der Waals surface area contributed by atoms with E-state index >= 15 is 0 Å². The van der Waals surface area contributed by atoms with Crippen molar-refractivity contribution >= 4 is 21.6 Å². The van der Waals surface area contributed by atoms with Gasteiger partial charge in [-0.15, -0.1) is 0 Å². The van der Waals surface area contributed by atoms with Crippen molar-refractivity contribution in [1.82, 2.24) is 10.6 Å². The smallest absolute Gasteiger partial charge is 0.253 e. The zero-order valence-corrected chi connectivity index (χ0v) is 15.7. The van der Waals surface area contributed by atoms with Gasteiger partial charge in [0.25, 0.3) is 5.91 Å². The van der Waals surface area contributed by atoms with E-state index in [1.165, 1.54) is 11.1 Å². The Labute approximate surface area is 154 Å². The minimum absolute atomic E-state index is 0.0417. The van der Waals surface area contributed by atoms with Gasteiger partial charge in [0.1, 0.15) is 0 Å². The molecule has 26 heavy (non-hydrogen) atoms. The molecule has 1 aliphatic heterocycles. The van der Waals surface area contributed by atoms with E-state index in [-0.39, 0.29) is 17.6 Å². The Bertz CT molecular complexity index is 925. The van der Waals surface area contributed by atoms with Crippen LogP contribution < -0.4 is 15.4 Å². The molecule has 0 spiro atoms. The van der Waals surface area contributed by atoms with Gasteiger partial charge in [-0.3, -0.25) is 9.52 Å². The molecule has 1 amide bonds. The van der Waals surface area contributed by atoms with Crippen LogP contribution in [0.1, 0.15) is 33.1 Å². The van der Waals surface area contributed by atoms with Crippen LogP contribution in [0, 0.1) is 6.92 Å². The highest BCUT2D eigenvalue weighted by Crippen LogP contribution is 2.23. The Balaban J connectivity index is 1.76. The third-order valence-corrected chi connectivity index (χ3v) is 4.99. The molecule has 1 unspecified atom stereocenters. The van der Waals surface area contributed by atoms with E-state index in [4.69, 9.17) is 0 Å². The van der Waals surface area contributed by atoms with E-state index in [0.29, 0.717) is 12.1 Å². The molecule has 6 nitrogen and oxygen atoms in total. The number of nitrogens with one attached hydrogen (secondary N) is 3. The van der Waals surface area contributed by atoms with Crippen molar-refractivity contribution in [2.75, 3.05) is 24.1 Å². The van der Waals surface area contributed by atoms with E-state index in [1.807, 2.05) is 19.1 Å². The molecule has 0 fully saturated rings. The number of sulfonamides is 1. The van der Waals surface area contributed by atoms with Gasteiger partial charge in [0, 0.05) is 12.6 Å². The zero-order chi connectivity index (χ0) is 18.7. The Morgan fingerprint density at radius 3 is 2.77 bits per heavy atom. The maximum absolute atomic E-state index is 12.7. The van der Waals surface area contributed by atoms with E-state index in [1.54, 1.807) is 18.2 Å². The van der Waals surface area contributed by atoms with Crippen molar-refractivity contribution in [2.24, 2.45) is 0 Å². The lowest BCUT2D eigenvalue weighted by molar-refractivity contribution is 0.0950. The fourth-order valence-corrected chi connectivity index (χ4v) is 3.78. The number of amides is 1. The quantitative estimate of drug-likeness (QED) is 0.748. The van der Waals surface area contributed by atoms with E-state index in [9.17, 15) is 13.2 Å². The highest BCUT2D eigenvalue weighted by Gasteiger charge is 2.21. The Morgan fingerprint density at radius 1 is 1.23 bits per heavy atom. The maximum atomic E-state index is 12.7. The van der Waals surface area contributed by atoms with Gasteiger partial charge >= 0.3 is 0 Å². The van der Waals surface area contributed by atoms with Crippen LogP contribution in [0.5, 0.6) is 0 Å². The number of hydrogen-bond acceptors (Lipinski definition) is 4. The number of anilines is 1. The molecule has 1 aliphatic rings. The maximum Gasteiger partial charge on any atom is 0.253 e. The van der Waals surface area contributed by atoms with E-state index in [2.05, 4.69) is 27.5 Å². The minimum atomic E-state index is -3.46. The van der Waals surface area contributed by atoms with Crippen molar-refractivity contribution in [1.29, 1.82) is 0 Å². The first-order chi connectivity index (χ1) is 12.3. The van der Waals surface area contributed by atoms with Gasteiger partial charge in [-0.25, -0.2) is 8.42 Å². The normalized spacial score (nSPS) is 16.6. The average molecular weight is 373 g/mol. The molecule has 0 saturated heterocycles. The monoisotopic (exact) mass is 373 g/mol. The van der Waals surface area contributed by atoms with Crippen molar-refractivity contribution in [3.8, 4) is 0 Å². The van der Waals surface area contributed by atoms with Crippen molar-refractivity contribution in [3.63, 3.8) is 0 Å². The summed E-state index contributed by atoms with van der Waals surface area (Å²) in [5, 5.41) is 6.35. The summed E-state index contributed by atoms with van der Waals surface area (Å²) >= 11 is 0. The third-order valence-electron chi connectivity index (χ3n) is 4.40. The lowest BCUT2D eigenvalue weighted by Crippen LogP contribution is -2.39. The molecular weight excluding hydrogens is 350 g/mol. The molecule has 0 saturated carbocycles. The average Bonchev–Trinajstić information content (AvgIpc) is 2.60. The van der Waals surface area contributed by atoms with Crippen LogP contribution in [-0.4, -0.2) is 33.7 Å². The molecular formula is C19H23N3O3S. The molecule has 3 rings (SSSR count). The van der Waals surface area contributed by atoms with Gasteiger partial charge in [0.15, 0.2) is 0 Å². The van der Waals surface area contributed by atoms with Crippen LogP contribution in [0.15, 0.2) is 42.5 Å². The first-order valence-corrected chi connectivity index (χ1v) is 10.4. The largest absolute Gasteiger partial charge is 0.350 e. The van der Waals surface area contributed by atoms with Gasteiger partial charge in [-0.2, -0.15) is 0 Å². The summed E-state index contributed by atoms with van der Waals surface area (Å²) in [5.41, 5.74) is 3.97. The number of hydrogen-bond donors (Lipinski definition) is 3. The molecule has 138 valence electrons. The highest BCUT2D eigenvalue weighted by molar-refractivity contribution is 7.92. The first kappa shape index (κ1) is 18.4. The zero-order valence-electron chi connectivity index (χ0n) is 14.9. The lowest BCUT2D eigenvalue weighted by Gasteiger charge is -2.27. The lowest BCUT2D eigenvalue weighted by atomic mass is 9.94. The van der Waals surface area contributed by atoms with Crippen molar-refractivity contribution in [3.05, 3.63) is 64.7 Å². The summed E-state index contributed by atoms with van der Waals surface area (Å²) in [6, 6.07) is 13.3. The van der Waals surface area contributed by atoms with Gasteiger partial charge in [0.2, 0.25) is 10.0 Å². The first-order valence-electron chi connectivity index (χ1n) is 8.51. The van der Waals surface area contributed by atoms with Crippen LogP contribution in [-0.2, 0) is 16.4 Å². The van der Waals surface area contributed by atoms with Crippen LogP contribution in [0.25, 0.3) is 0 Å². The molecule has 0 radical (unpaired) electrons. The number of aryl methyl sites for hydroxylation is 1. The molecule has 0 bridgehead atoms. The predicted octanol–water partition coefficient (Wildman–Crippen LogP) is 1.98. The Morgan fingerprint density at radius 2 is 2.00 bits per heavy atom. The van der Waals surface area contributed by atoms with Crippen LogP contribution in [0.2, 0.25) is 0 Å². The summed E-state index contributed by atoms with van der Waals surface area (Å²) in [7, 11) is -3.46. The van der Waals surface area contributed by atoms with E-state index < -0.39 is 10.0 Å². The number of benzene rings is 2. The van der Waals surface area contributed by atoms with Crippen LogP contribution in [0.4, 0.5) is 5.69 Å². The summed E-state index contributed by atoms with van der Waals surface area (Å²) in [4.78, 5) is 12.7. The standard InChI is InChI=1S/C19H23N3O3S/c1-13-7-8-17(22-26(2,24)25)16(11-13)19(23)21-12-18-15-6-4-3-5-14(15)9-10-20-18/h3-8,11,18,20,22H,9-10,12H2,1-2H3,(H,21,23). The summed E-state index contributed by atoms with van der Waals surface area (Å²) in [6.07, 6.45) is 2.04. The number of carbonyl (C=O) groups is 1. The number of carbonyl (C=O) groups excluding carboxylic acids is 1. The third kappa shape index (κ3) is 4.42. The van der Waals surface area contributed by atoms with Gasteiger partial charge in [0.05, 0.1) is 17.5 Å². The van der Waals surface area contributed by atoms with E-state index in [0.717, 1.165) is 24.8 Å². The minimum Gasteiger partial charge on any atom is -0.350 e. The molecule has 7 heteroatoms. The molecule has 0 aromatic heterocycles. The summed E-state index contributed by atoms with van der Waals surface area (Å²) in [6.45, 7) is 3.16. The van der Waals surface area contributed by atoms with Gasteiger partial charge < -0.3 is 10.6 Å². The number of fused-ring (bicyclic) bond motifs is 1. The Kier molecular flexibility index (Phi) is 5.29. The molecule has 3 N–H and O–H groups in total. The molecule has 0 aliphatic carbocycles. The fraction of sp³-hybridized carbons (Fsp3) is 0.316. The predicted molar refractivity (Wildman–Crippen MR) is 103 cm³/mol. The highest BCUT2D eigenvalue weighted by atomic mass is 32.2. The van der Waals surface area contributed by atoms with Crippen molar-refractivity contribution in [2.45, 2.75) is 19.4 Å². The molecule has 1 heterocycles. The second-order valence-corrected chi connectivity index (χ2v) is 8.34. The molecule has 2 aromatic carbocycles. The second-order valence-electron chi connectivity index (χ2n) is 6.59. The topological polar surface area (TPSA) is 87.3 Å². The van der Waals surface area contributed by atoms with Crippen LogP contribution in [0.3, 0.4) is 0 Å². The number of rotatable bonds is 5. The summed E-state index contributed by atoms with van der Waals surface area (Å²) < 4.78 is 25.5. The Hall–Kier alpha value is -2.38. The fourth-order valence-electron chi connectivity index (χ4n) is 3.20. The molecule has 1 atom stereocenters. The van der Waals surface area contributed by atoms with Crippen molar-refractivity contribution < 1.29 is 13.2 Å². The molecule has 2 aromatic rings. The van der Waals surface area contributed by atoms with Gasteiger partial charge in [-0.1, -0.05) is 35.9 Å².